The number of piperazine rings is 1. The van der Waals surface area contributed by atoms with E-state index in [1.54, 1.807) is 16.3 Å². The summed E-state index contributed by atoms with van der Waals surface area (Å²) in [5.41, 5.74) is 3.78. The molecule has 0 bridgehead atoms. The predicted molar refractivity (Wildman–Crippen MR) is 139 cm³/mol. The SMILES string of the molecule is Cc1cccc(/C=C2/SC3C=CC(C(=O)N4CCN(C5CCCCC5)CC4)=CC3=[N+](C)C2=O)c1. The van der Waals surface area contributed by atoms with Crippen molar-refractivity contribution in [1.29, 1.82) is 0 Å². The third kappa shape index (κ3) is 4.84. The Balaban J connectivity index is 1.28. The summed E-state index contributed by atoms with van der Waals surface area (Å²) in [4.78, 5) is 31.7. The third-order valence-corrected chi connectivity index (χ3v) is 8.68. The molecule has 2 aliphatic carbocycles. The zero-order valence-corrected chi connectivity index (χ0v) is 21.0. The Hall–Kier alpha value is -2.44. The largest absolute Gasteiger partial charge is 0.425 e. The van der Waals surface area contributed by atoms with E-state index in [1.807, 2.05) is 42.3 Å². The molecule has 1 unspecified atom stereocenters. The summed E-state index contributed by atoms with van der Waals surface area (Å²) < 4.78 is 1.71. The first-order valence-corrected chi connectivity index (χ1v) is 13.4. The average molecular weight is 477 g/mol. The van der Waals surface area contributed by atoms with E-state index in [4.69, 9.17) is 0 Å². The maximum atomic E-state index is 13.3. The first-order chi connectivity index (χ1) is 16.5. The molecule has 0 N–H and O–H groups in total. The van der Waals surface area contributed by atoms with Crippen LogP contribution < -0.4 is 0 Å². The summed E-state index contributed by atoms with van der Waals surface area (Å²) in [6.07, 6.45) is 14.6. The van der Waals surface area contributed by atoms with Gasteiger partial charge in [-0.15, -0.1) is 0 Å². The zero-order chi connectivity index (χ0) is 23.7. The monoisotopic (exact) mass is 476 g/mol. The van der Waals surface area contributed by atoms with E-state index >= 15 is 0 Å². The number of hydrogen-bond donors (Lipinski definition) is 0. The van der Waals surface area contributed by atoms with Crippen LogP contribution in [0.25, 0.3) is 6.08 Å². The third-order valence-electron chi connectivity index (χ3n) is 7.48. The molecular formula is C28H34N3O2S+. The van der Waals surface area contributed by atoms with Crippen molar-refractivity contribution in [3.63, 3.8) is 0 Å². The van der Waals surface area contributed by atoms with Crippen LogP contribution in [0.15, 0.2) is 53.0 Å². The lowest BCUT2D eigenvalue weighted by Gasteiger charge is -2.41. The first kappa shape index (κ1) is 23.3. The lowest BCUT2D eigenvalue weighted by atomic mass is 9.93. The molecule has 0 spiro atoms. The predicted octanol–water partition coefficient (Wildman–Crippen LogP) is 4.03. The Kier molecular flexibility index (Phi) is 6.89. The number of thioether (sulfide) groups is 1. The van der Waals surface area contributed by atoms with Crippen LogP contribution in [0.5, 0.6) is 0 Å². The van der Waals surface area contributed by atoms with Crippen molar-refractivity contribution < 1.29 is 14.2 Å². The van der Waals surface area contributed by atoms with Crippen LogP contribution in [0.4, 0.5) is 0 Å². The summed E-state index contributed by atoms with van der Waals surface area (Å²) in [6, 6.07) is 8.88. The second-order valence-electron chi connectivity index (χ2n) is 9.83. The van der Waals surface area contributed by atoms with Gasteiger partial charge in [0.1, 0.15) is 17.2 Å². The van der Waals surface area contributed by atoms with Gasteiger partial charge in [0.05, 0.1) is 0 Å². The summed E-state index contributed by atoms with van der Waals surface area (Å²) >= 11 is 1.56. The van der Waals surface area contributed by atoms with Gasteiger partial charge in [-0.2, -0.15) is 4.58 Å². The molecule has 0 radical (unpaired) electrons. The van der Waals surface area contributed by atoms with Crippen LogP contribution in [-0.2, 0) is 9.59 Å². The maximum absolute atomic E-state index is 13.3. The average Bonchev–Trinajstić information content (AvgIpc) is 2.87. The summed E-state index contributed by atoms with van der Waals surface area (Å²) in [5.74, 6) is 0.0645. The number of aryl methyl sites for hydroxylation is 1. The molecule has 4 aliphatic rings. The normalized spacial score (nSPS) is 25.5. The number of rotatable bonds is 3. The molecule has 6 heteroatoms. The van der Waals surface area contributed by atoms with Gasteiger partial charge >= 0.3 is 5.91 Å². The molecule has 1 saturated carbocycles. The van der Waals surface area contributed by atoms with Gasteiger partial charge in [0.25, 0.3) is 5.91 Å². The minimum atomic E-state index is -0.0165. The Labute approximate surface area is 206 Å². The fourth-order valence-electron chi connectivity index (χ4n) is 5.50. The van der Waals surface area contributed by atoms with Crippen molar-refractivity contribution in [3.8, 4) is 0 Å². The highest BCUT2D eigenvalue weighted by atomic mass is 32.2. The van der Waals surface area contributed by atoms with Crippen molar-refractivity contribution in [2.45, 2.75) is 50.3 Å². The van der Waals surface area contributed by atoms with Crippen LogP contribution in [0.1, 0.15) is 43.2 Å². The van der Waals surface area contributed by atoms with E-state index in [-0.39, 0.29) is 17.1 Å². The topological polar surface area (TPSA) is 43.6 Å². The fourth-order valence-corrected chi connectivity index (χ4v) is 6.71. The van der Waals surface area contributed by atoms with Crippen molar-refractivity contribution in [2.75, 3.05) is 33.2 Å². The molecule has 2 amide bonds. The molecule has 2 aliphatic heterocycles. The summed E-state index contributed by atoms with van der Waals surface area (Å²) in [6.45, 7) is 5.55. The first-order valence-electron chi connectivity index (χ1n) is 12.5. The fraction of sp³-hybridized carbons (Fsp3) is 0.464. The number of carbonyl (C=O) groups excluding carboxylic acids is 2. The summed E-state index contributed by atoms with van der Waals surface area (Å²) in [7, 11) is 1.81. The maximum Gasteiger partial charge on any atom is 0.425 e. The van der Waals surface area contributed by atoms with E-state index in [0.717, 1.165) is 42.4 Å². The van der Waals surface area contributed by atoms with Gasteiger partial charge in [-0.05, 0) is 31.4 Å². The Morgan fingerprint density at radius 3 is 2.62 bits per heavy atom. The van der Waals surface area contributed by atoms with E-state index in [2.05, 4.69) is 30.0 Å². The lowest BCUT2D eigenvalue weighted by Crippen LogP contribution is -2.52. The number of nitrogens with zero attached hydrogens (tertiary/aromatic N) is 3. The number of benzene rings is 1. The number of carbonyl (C=O) groups is 2. The quantitative estimate of drug-likeness (QED) is 0.488. The van der Waals surface area contributed by atoms with Gasteiger partial charge in [-0.3, -0.25) is 9.69 Å². The van der Waals surface area contributed by atoms with Crippen molar-refractivity contribution in [1.82, 2.24) is 9.80 Å². The van der Waals surface area contributed by atoms with Crippen molar-refractivity contribution in [3.05, 3.63) is 64.1 Å². The van der Waals surface area contributed by atoms with E-state index < -0.39 is 0 Å². The molecule has 1 saturated heterocycles. The van der Waals surface area contributed by atoms with E-state index in [1.165, 1.54) is 37.7 Å². The Morgan fingerprint density at radius 2 is 1.88 bits per heavy atom. The Morgan fingerprint density at radius 1 is 1.12 bits per heavy atom. The standard InChI is InChI=1S/C28H34N3O2S/c1-20-7-6-8-21(17-20)18-26-28(33)29(2)24-19-22(11-12-25(24)34-26)27(32)31-15-13-30(14-16-31)23-9-4-3-5-10-23/h6-8,11-12,17-19,23,25H,3-5,9-10,13-16H2,1-2H3/q+1/b26-18+. The molecule has 1 atom stereocenters. The molecule has 2 fully saturated rings. The number of fused-ring (bicyclic) bond motifs is 1. The smallest absolute Gasteiger partial charge is 0.336 e. The Bertz CT molecular complexity index is 1100. The second-order valence-corrected chi connectivity index (χ2v) is 11.0. The van der Waals surface area contributed by atoms with Crippen LogP contribution in [0, 0.1) is 6.92 Å². The van der Waals surface area contributed by atoms with Gasteiger partial charge < -0.3 is 4.90 Å². The number of hydrogen-bond acceptors (Lipinski definition) is 4. The highest BCUT2D eigenvalue weighted by molar-refractivity contribution is 8.05. The second kappa shape index (κ2) is 10.0. The molecule has 1 aromatic rings. The molecule has 2 heterocycles. The van der Waals surface area contributed by atoms with Crippen LogP contribution in [0.3, 0.4) is 0 Å². The molecule has 178 valence electrons. The summed E-state index contributed by atoms with van der Waals surface area (Å²) in [5, 5.41) is 0.0402. The minimum Gasteiger partial charge on any atom is -0.336 e. The van der Waals surface area contributed by atoms with E-state index in [9.17, 15) is 9.59 Å². The van der Waals surface area contributed by atoms with Gasteiger partial charge in [0, 0.05) is 43.9 Å². The van der Waals surface area contributed by atoms with Gasteiger partial charge in [-0.1, -0.05) is 73.0 Å². The molecule has 0 aromatic heterocycles. The minimum absolute atomic E-state index is 0.0165. The van der Waals surface area contributed by atoms with Gasteiger partial charge in [0.2, 0.25) is 5.71 Å². The number of amides is 2. The molecular weight excluding hydrogens is 442 g/mol. The highest BCUT2D eigenvalue weighted by Gasteiger charge is 2.38. The van der Waals surface area contributed by atoms with Gasteiger partial charge in [-0.25, -0.2) is 4.79 Å². The number of allylic oxidation sites excluding steroid dienone is 1. The van der Waals surface area contributed by atoms with Crippen molar-refractivity contribution in [2.24, 2.45) is 0 Å². The molecule has 5 nitrogen and oxygen atoms in total. The van der Waals surface area contributed by atoms with Crippen LogP contribution in [0.2, 0.25) is 0 Å². The number of likely N-dealkylation sites (N-methyl/N-ethyl adjacent to an activating group) is 1. The van der Waals surface area contributed by atoms with Gasteiger partial charge in [0.15, 0.2) is 0 Å². The molecule has 34 heavy (non-hydrogen) atoms. The molecule has 5 rings (SSSR count). The van der Waals surface area contributed by atoms with E-state index in [0.29, 0.717) is 11.6 Å². The molecule has 1 aromatic carbocycles. The van der Waals surface area contributed by atoms with Crippen LogP contribution in [-0.4, -0.2) is 76.4 Å². The lowest BCUT2D eigenvalue weighted by molar-refractivity contribution is -0.413. The highest BCUT2D eigenvalue weighted by Crippen LogP contribution is 2.34. The van der Waals surface area contributed by atoms with Crippen molar-refractivity contribution >= 4 is 35.4 Å². The van der Waals surface area contributed by atoms with Crippen LogP contribution >= 0.6 is 11.8 Å². The zero-order valence-electron chi connectivity index (χ0n) is 20.2.